The minimum Gasteiger partial charge on any atom is -0.504 e. The molecule has 3 N–H and O–H groups in total. The number of phenolic OH excluding ortho intramolecular Hbond substituents is 2. The molecule has 0 fully saturated rings. The highest BCUT2D eigenvalue weighted by molar-refractivity contribution is 5.51. The predicted molar refractivity (Wildman–Crippen MR) is 77.6 cm³/mol. The zero-order valence-electron chi connectivity index (χ0n) is 10.9. The van der Waals surface area contributed by atoms with Gasteiger partial charge in [-0.1, -0.05) is 31.4 Å². The lowest BCUT2D eigenvalue weighted by Crippen LogP contribution is -2.21. The minimum atomic E-state index is -0.0762. The monoisotopic (exact) mass is 257 g/mol. The molecular weight excluding hydrogens is 238 g/mol. The van der Waals surface area contributed by atoms with Crippen LogP contribution in [0.15, 0.2) is 49.1 Å². The molecule has 0 aliphatic carbocycles. The van der Waals surface area contributed by atoms with E-state index in [2.05, 4.69) is 18.5 Å². The molecule has 1 aromatic carbocycles. The number of nitrogens with one attached hydrogen (secondary N) is 1. The van der Waals surface area contributed by atoms with Crippen LogP contribution in [0, 0.1) is 0 Å². The fraction of sp³-hybridized carbons (Fsp3) is 0.250. The molecule has 0 amide bonds. The maximum atomic E-state index is 9.73. The number of phenols is 2. The Labute approximate surface area is 113 Å². The summed E-state index contributed by atoms with van der Waals surface area (Å²) in [5, 5.41) is 22.7. The Morgan fingerprint density at radius 1 is 1.26 bits per heavy atom. The van der Waals surface area contributed by atoms with Crippen LogP contribution in [0.1, 0.15) is 17.0 Å². The molecule has 1 aromatic rings. The third-order valence-electron chi connectivity index (χ3n) is 3.48. The third-order valence-corrected chi connectivity index (χ3v) is 3.48. The van der Waals surface area contributed by atoms with Crippen molar-refractivity contribution in [3.05, 3.63) is 60.2 Å². The SMILES string of the molecule is C=C/C=C(\C=C)C1CNCCc2cc(O)c(O)cc21. The lowest BCUT2D eigenvalue weighted by Gasteiger charge is -2.19. The van der Waals surface area contributed by atoms with Crippen molar-refractivity contribution in [1.82, 2.24) is 5.32 Å². The van der Waals surface area contributed by atoms with Gasteiger partial charge < -0.3 is 15.5 Å². The van der Waals surface area contributed by atoms with Gasteiger partial charge in [0.25, 0.3) is 0 Å². The summed E-state index contributed by atoms with van der Waals surface area (Å²) < 4.78 is 0. The molecule has 1 atom stereocenters. The van der Waals surface area contributed by atoms with Crippen molar-refractivity contribution in [2.75, 3.05) is 13.1 Å². The van der Waals surface area contributed by atoms with Crippen LogP contribution in [0.3, 0.4) is 0 Å². The maximum absolute atomic E-state index is 9.73. The molecule has 0 saturated carbocycles. The van der Waals surface area contributed by atoms with Gasteiger partial charge in [0.2, 0.25) is 0 Å². The zero-order valence-corrected chi connectivity index (χ0v) is 10.9. The van der Waals surface area contributed by atoms with E-state index >= 15 is 0 Å². The smallest absolute Gasteiger partial charge is 0.157 e. The molecule has 1 unspecified atom stereocenters. The maximum Gasteiger partial charge on any atom is 0.157 e. The molecule has 3 nitrogen and oxygen atoms in total. The van der Waals surface area contributed by atoms with E-state index in [4.69, 9.17) is 0 Å². The summed E-state index contributed by atoms with van der Waals surface area (Å²) in [7, 11) is 0. The van der Waals surface area contributed by atoms with Gasteiger partial charge in [-0.3, -0.25) is 0 Å². The van der Waals surface area contributed by atoms with Crippen molar-refractivity contribution in [3.8, 4) is 11.5 Å². The van der Waals surface area contributed by atoms with E-state index in [1.165, 1.54) is 0 Å². The van der Waals surface area contributed by atoms with Gasteiger partial charge >= 0.3 is 0 Å². The fourth-order valence-corrected chi connectivity index (χ4v) is 2.52. The fourth-order valence-electron chi connectivity index (χ4n) is 2.52. The van der Waals surface area contributed by atoms with Crippen LogP contribution in [0.4, 0.5) is 0 Å². The average Bonchev–Trinajstić information content (AvgIpc) is 2.59. The van der Waals surface area contributed by atoms with Crippen molar-refractivity contribution >= 4 is 0 Å². The van der Waals surface area contributed by atoms with Crippen LogP contribution in [0.25, 0.3) is 0 Å². The van der Waals surface area contributed by atoms with E-state index in [0.29, 0.717) is 0 Å². The van der Waals surface area contributed by atoms with Gasteiger partial charge in [0.05, 0.1) is 0 Å². The highest BCUT2D eigenvalue weighted by Gasteiger charge is 2.22. The summed E-state index contributed by atoms with van der Waals surface area (Å²) in [4.78, 5) is 0. The second-order valence-electron chi connectivity index (χ2n) is 4.65. The quantitative estimate of drug-likeness (QED) is 0.576. The first-order valence-corrected chi connectivity index (χ1v) is 6.38. The van der Waals surface area contributed by atoms with Gasteiger partial charge in [0.15, 0.2) is 11.5 Å². The molecule has 0 saturated heterocycles. The summed E-state index contributed by atoms with van der Waals surface area (Å²) in [6, 6.07) is 3.31. The summed E-state index contributed by atoms with van der Waals surface area (Å²) >= 11 is 0. The highest BCUT2D eigenvalue weighted by atomic mass is 16.3. The number of rotatable bonds is 3. The Morgan fingerprint density at radius 2 is 2.00 bits per heavy atom. The Kier molecular flexibility index (Phi) is 4.07. The molecule has 2 rings (SSSR count). The predicted octanol–water partition coefficient (Wildman–Crippen LogP) is 2.63. The molecular formula is C16H19NO2. The van der Waals surface area contributed by atoms with Crippen molar-refractivity contribution in [2.45, 2.75) is 12.3 Å². The first-order valence-electron chi connectivity index (χ1n) is 6.38. The Balaban J connectivity index is 2.53. The number of allylic oxidation sites excluding steroid dienone is 3. The number of aromatic hydroxyl groups is 2. The molecule has 3 heteroatoms. The van der Waals surface area contributed by atoms with Gasteiger partial charge in [-0.05, 0) is 41.8 Å². The average molecular weight is 257 g/mol. The van der Waals surface area contributed by atoms with E-state index in [0.717, 1.165) is 36.2 Å². The van der Waals surface area contributed by atoms with Crippen LogP contribution in [-0.2, 0) is 6.42 Å². The molecule has 1 heterocycles. The summed E-state index contributed by atoms with van der Waals surface area (Å²) in [5.41, 5.74) is 3.14. The summed E-state index contributed by atoms with van der Waals surface area (Å²) in [6.07, 6.45) is 6.31. The lowest BCUT2D eigenvalue weighted by atomic mass is 9.87. The Hall–Kier alpha value is -2.00. The lowest BCUT2D eigenvalue weighted by molar-refractivity contribution is 0.402. The van der Waals surface area contributed by atoms with E-state index < -0.39 is 0 Å². The second kappa shape index (κ2) is 5.76. The number of hydrogen-bond donors (Lipinski definition) is 3. The van der Waals surface area contributed by atoms with Gasteiger partial charge in [-0.15, -0.1) is 0 Å². The molecule has 1 aliphatic heterocycles. The van der Waals surface area contributed by atoms with E-state index in [-0.39, 0.29) is 17.4 Å². The molecule has 100 valence electrons. The molecule has 1 aliphatic rings. The normalized spacial score (nSPS) is 19.4. The van der Waals surface area contributed by atoms with Crippen LogP contribution >= 0.6 is 0 Å². The first kappa shape index (κ1) is 13.4. The van der Waals surface area contributed by atoms with Crippen LogP contribution in [0.2, 0.25) is 0 Å². The first-order chi connectivity index (χ1) is 9.17. The second-order valence-corrected chi connectivity index (χ2v) is 4.65. The van der Waals surface area contributed by atoms with Crippen LogP contribution in [0.5, 0.6) is 11.5 Å². The van der Waals surface area contributed by atoms with Gasteiger partial charge in [-0.2, -0.15) is 0 Å². The van der Waals surface area contributed by atoms with Gasteiger partial charge in [-0.25, -0.2) is 0 Å². The Morgan fingerprint density at radius 3 is 2.68 bits per heavy atom. The van der Waals surface area contributed by atoms with Crippen molar-refractivity contribution in [3.63, 3.8) is 0 Å². The number of fused-ring (bicyclic) bond motifs is 1. The zero-order chi connectivity index (χ0) is 13.8. The molecule has 0 aromatic heterocycles. The molecule has 0 bridgehead atoms. The molecule has 0 spiro atoms. The highest BCUT2D eigenvalue weighted by Crippen LogP contribution is 2.36. The van der Waals surface area contributed by atoms with Gasteiger partial charge in [0.1, 0.15) is 0 Å². The largest absolute Gasteiger partial charge is 0.504 e. The molecule has 0 radical (unpaired) electrons. The van der Waals surface area contributed by atoms with Crippen LogP contribution < -0.4 is 5.32 Å². The molecule has 19 heavy (non-hydrogen) atoms. The van der Waals surface area contributed by atoms with E-state index in [9.17, 15) is 10.2 Å². The topological polar surface area (TPSA) is 52.5 Å². The minimum absolute atomic E-state index is 0.0627. The summed E-state index contributed by atoms with van der Waals surface area (Å²) in [5.74, 6) is -0.0283. The third kappa shape index (κ3) is 2.71. The standard InChI is InChI=1S/C16H19NO2/c1-3-5-11(4-2)14-10-17-7-6-12-8-15(18)16(19)9-13(12)14/h3-5,8-9,14,17-19H,1-2,6-7,10H2/b11-5+. The van der Waals surface area contributed by atoms with Crippen molar-refractivity contribution < 1.29 is 10.2 Å². The summed E-state index contributed by atoms with van der Waals surface area (Å²) in [6.45, 7) is 9.20. The van der Waals surface area contributed by atoms with E-state index in [1.807, 2.05) is 12.2 Å². The number of hydrogen-bond acceptors (Lipinski definition) is 3. The van der Waals surface area contributed by atoms with E-state index in [1.54, 1.807) is 18.2 Å². The van der Waals surface area contributed by atoms with Crippen molar-refractivity contribution in [2.24, 2.45) is 0 Å². The van der Waals surface area contributed by atoms with Gasteiger partial charge in [0, 0.05) is 12.5 Å². The Bertz CT molecular complexity index is 532. The van der Waals surface area contributed by atoms with Crippen molar-refractivity contribution in [1.29, 1.82) is 0 Å². The van der Waals surface area contributed by atoms with Crippen LogP contribution in [-0.4, -0.2) is 23.3 Å². The number of benzene rings is 1.